The molecule has 0 aliphatic heterocycles. The van der Waals surface area contributed by atoms with E-state index < -0.39 is 0 Å². The van der Waals surface area contributed by atoms with Gasteiger partial charge >= 0.3 is 0 Å². The van der Waals surface area contributed by atoms with Crippen LogP contribution in [-0.4, -0.2) is 35.5 Å². The summed E-state index contributed by atoms with van der Waals surface area (Å²) in [6, 6.07) is 5.70. The van der Waals surface area contributed by atoms with Crippen molar-refractivity contribution in [3.8, 4) is 5.75 Å². The fourth-order valence-corrected chi connectivity index (χ4v) is 3.02. The van der Waals surface area contributed by atoms with Crippen molar-refractivity contribution in [1.82, 2.24) is 4.98 Å². The number of thiazole rings is 1. The molecule has 1 N–H and O–H groups in total. The topological polar surface area (TPSA) is 60.5 Å². The van der Waals surface area contributed by atoms with E-state index in [9.17, 15) is 4.79 Å². The number of methoxy groups -OCH3 is 1. The van der Waals surface area contributed by atoms with Gasteiger partial charge in [0.25, 0.3) is 0 Å². The summed E-state index contributed by atoms with van der Waals surface area (Å²) in [7, 11) is 1.65. The first-order valence-corrected chi connectivity index (χ1v) is 9.15. The highest BCUT2D eigenvalue weighted by Crippen LogP contribution is 2.30. The number of hydrogen-bond donors (Lipinski definition) is 1. The first-order chi connectivity index (χ1) is 10.9. The molecule has 0 aliphatic carbocycles. The van der Waals surface area contributed by atoms with Crippen LogP contribution < -0.4 is 10.1 Å². The van der Waals surface area contributed by atoms with Crippen molar-refractivity contribution in [3.05, 3.63) is 18.2 Å². The maximum absolute atomic E-state index is 12.1. The Morgan fingerprint density at radius 2 is 2.13 bits per heavy atom. The average molecular weight is 401 g/mol. The van der Waals surface area contributed by atoms with E-state index in [1.54, 1.807) is 7.11 Å². The van der Waals surface area contributed by atoms with E-state index in [1.807, 2.05) is 39.0 Å². The molecule has 7 heteroatoms. The maximum atomic E-state index is 12.1. The summed E-state index contributed by atoms with van der Waals surface area (Å²) in [6.07, 6.45) is -0.0234. The molecule has 2 atom stereocenters. The number of rotatable bonds is 7. The monoisotopic (exact) mass is 400 g/mol. The van der Waals surface area contributed by atoms with Gasteiger partial charge in [-0.1, -0.05) is 41.1 Å². The summed E-state index contributed by atoms with van der Waals surface area (Å²) in [5.74, 6) is 0.903. The molecular weight excluding hydrogens is 380 g/mol. The van der Waals surface area contributed by atoms with Gasteiger partial charge in [0.1, 0.15) is 11.9 Å². The standard InChI is InChI=1S/C16H21BrN2O3S/c1-9(2)14(17)15(20)19-16-18-12-6-5-11(7-13(12)23-16)22-10(3)8-21-4/h5-7,9-10,14H,8H2,1-4H3,(H,18,19,20)/t10-,14-/m0/s1. The lowest BCUT2D eigenvalue weighted by Crippen LogP contribution is -2.26. The van der Waals surface area contributed by atoms with Crippen LogP contribution in [0.3, 0.4) is 0 Å². The van der Waals surface area contributed by atoms with Crippen LogP contribution in [0.4, 0.5) is 5.13 Å². The smallest absolute Gasteiger partial charge is 0.240 e. The van der Waals surface area contributed by atoms with E-state index in [0.29, 0.717) is 11.7 Å². The number of ether oxygens (including phenoxy) is 2. The third-order valence-electron chi connectivity index (χ3n) is 3.16. The number of alkyl halides is 1. The largest absolute Gasteiger partial charge is 0.488 e. The molecule has 0 unspecified atom stereocenters. The summed E-state index contributed by atoms with van der Waals surface area (Å²) in [5.41, 5.74) is 0.840. The number of nitrogens with one attached hydrogen (secondary N) is 1. The minimum absolute atomic E-state index is 0.0234. The third-order valence-corrected chi connectivity index (χ3v) is 5.57. The second-order valence-corrected chi connectivity index (χ2v) is 7.68. The Hall–Kier alpha value is -1.18. The van der Waals surface area contributed by atoms with Crippen LogP contribution in [0.1, 0.15) is 20.8 Å². The van der Waals surface area contributed by atoms with Gasteiger partial charge in [0, 0.05) is 7.11 Å². The molecule has 0 saturated carbocycles. The molecule has 0 saturated heterocycles. The number of nitrogens with zero attached hydrogens (tertiary/aromatic N) is 1. The van der Waals surface area contributed by atoms with Crippen LogP contribution in [0.15, 0.2) is 18.2 Å². The van der Waals surface area contributed by atoms with Gasteiger partial charge in [-0.2, -0.15) is 0 Å². The maximum Gasteiger partial charge on any atom is 0.240 e. The van der Waals surface area contributed by atoms with E-state index in [0.717, 1.165) is 16.0 Å². The second kappa shape index (κ2) is 8.08. The zero-order chi connectivity index (χ0) is 17.0. The van der Waals surface area contributed by atoms with E-state index in [-0.39, 0.29) is 22.8 Å². The first-order valence-electron chi connectivity index (χ1n) is 7.41. The number of halogens is 1. The molecule has 0 aliphatic rings. The molecule has 0 spiro atoms. The molecule has 1 amide bonds. The highest BCUT2D eigenvalue weighted by atomic mass is 79.9. The molecule has 2 rings (SSSR count). The number of hydrogen-bond acceptors (Lipinski definition) is 5. The number of carbonyl (C=O) groups excluding carboxylic acids is 1. The van der Waals surface area contributed by atoms with Crippen molar-refractivity contribution in [2.75, 3.05) is 19.0 Å². The number of aromatic nitrogens is 1. The first kappa shape index (κ1) is 18.2. The predicted molar refractivity (Wildman–Crippen MR) is 97.8 cm³/mol. The van der Waals surface area contributed by atoms with Gasteiger partial charge in [0.2, 0.25) is 5.91 Å². The third kappa shape index (κ3) is 4.89. The molecule has 23 heavy (non-hydrogen) atoms. The lowest BCUT2D eigenvalue weighted by atomic mass is 10.1. The minimum Gasteiger partial charge on any atom is -0.488 e. The highest BCUT2D eigenvalue weighted by molar-refractivity contribution is 9.10. The zero-order valence-electron chi connectivity index (χ0n) is 13.6. The van der Waals surface area contributed by atoms with Gasteiger partial charge in [0.15, 0.2) is 5.13 Å². The second-order valence-electron chi connectivity index (χ2n) is 5.67. The van der Waals surface area contributed by atoms with Gasteiger partial charge < -0.3 is 14.8 Å². The number of benzene rings is 1. The van der Waals surface area contributed by atoms with Crippen LogP contribution in [0.25, 0.3) is 10.2 Å². The minimum atomic E-state index is -0.233. The molecule has 0 radical (unpaired) electrons. The number of carbonyl (C=O) groups is 1. The fourth-order valence-electron chi connectivity index (χ4n) is 2.01. The molecule has 0 fully saturated rings. The van der Waals surface area contributed by atoms with Gasteiger partial charge in [-0.25, -0.2) is 4.98 Å². The van der Waals surface area contributed by atoms with Crippen molar-refractivity contribution in [2.45, 2.75) is 31.7 Å². The quantitative estimate of drug-likeness (QED) is 0.711. The summed E-state index contributed by atoms with van der Waals surface area (Å²) in [5, 5.41) is 3.45. The Morgan fingerprint density at radius 1 is 1.39 bits per heavy atom. The van der Waals surface area contributed by atoms with Gasteiger partial charge in [-0.15, -0.1) is 0 Å². The van der Waals surface area contributed by atoms with Crippen LogP contribution in [0, 0.1) is 5.92 Å². The van der Waals surface area contributed by atoms with Crippen LogP contribution >= 0.6 is 27.3 Å². The zero-order valence-corrected chi connectivity index (χ0v) is 16.0. The van der Waals surface area contributed by atoms with E-state index in [1.165, 1.54) is 11.3 Å². The fraction of sp³-hybridized carbons (Fsp3) is 0.500. The Kier molecular flexibility index (Phi) is 6.38. The number of fused-ring (bicyclic) bond motifs is 1. The lowest BCUT2D eigenvalue weighted by molar-refractivity contribution is -0.116. The normalized spacial score (nSPS) is 14.0. The highest BCUT2D eigenvalue weighted by Gasteiger charge is 2.20. The van der Waals surface area contributed by atoms with Crippen molar-refractivity contribution in [3.63, 3.8) is 0 Å². The van der Waals surface area contributed by atoms with Crippen molar-refractivity contribution >= 4 is 48.5 Å². The van der Waals surface area contributed by atoms with Gasteiger partial charge in [-0.05, 0) is 31.0 Å². The van der Waals surface area contributed by atoms with Crippen LogP contribution in [-0.2, 0) is 9.53 Å². The predicted octanol–water partition coefficient (Wildman–Crippen LogP) is 4.07. The Morgan fingerprint density at radius 3 is 2.78 bits per heavy atom. The Bertz CT molecular complexity index is 674. The van der Waals surface area contributed by atoms with E-state index in [4.69, 9.17) is 9.47 Å². The summed E-state index contributed by atoms with van der Waals surface area (Å²) < 4.78 is 11.8. The molecule has 126 valence electrons. The van der Waals surface area contributed by atoms with Crippen molar-refractivity contribution < 1.29 is 14.3 Å². The molecule has 1 heterocycles. The number of amides is 1. The molecule has 1 aromatic carbocycles. The summed E-state index contributed by atoms with van der Waals surface area (Å²) >= 11 is 4.83. The van der Waals surface area contributed by atoms with Crippen LogP contribution in [0.5, 0.6) is 5.75 Å². The molecule has 0 bridgehead atoms. The molecule has 2 aromatic rings. The SMILES string of the molecule is COC[C@H](C)Oc1ccc2nc(NC(=O)[C@@H](Br)C(C)C)sc2c1. The molecule has 1 aromatic heterocycles. The van der Waals surface area contributed by atoms with E-state index in [2.05, 4.69) is 26.2 Å². The molecular formula is C16H21BrN2O3S. The Balaban J connectivity index is 2.11. The molecule has 5 nitrogen and oxygen atoms in total. The lowest BCUT2D eigenvalue weighted by Gasteiger charge is -2.13. The number of anilines is 1. The average Bonchev–Trinajstić information content (AvgIpc) is 2.87. The van der Waals surface area contributed by atoms with Gasteiger partial charge in [-0.3, -0.25) is 4.79 Å². The van der Waals surface area contributed by atoms with Crippen molar-refractivity contribution in [2.24, 2.45) is 5.92 Å². The van der Waals surface area contributed by atoms with Gasteiger partial charge in [0.05, 0.1) is 21.7 Å². The summed E-state index contributed by atoms with van der Waals surface area (Å²) in [6.45, 7) is 6.46. The Labute approximate surface area is 148 Å². The van der Waals surface area contributed by atoms with Crippen molar-refractivity contribution in [1.29, 1.82) is 0 Å². The van der Waals surface area contributed by atoms with Crippen LogP contribution in [0.2, 0.25) is 0 Å². The summed E-state index contributed by atoms with van der Waals surface area (Å²) in [4.78, 5) is 16.3. The van der Waals surface area contributed by atoms with E-state index >= 15 is 0 Å².